The maximum Gasteiger partial charge on any atom is 0.321 e. The Bertz CT molecular complexity index is 1050. The molecule has 0 radical (unpaired) electrons. The van der Waals surface area contributed by atoms with Crippen molar-refractivity contribution < 1.29 is 18.0 Å². The van der Waals surface area contributed by atoms with E-state index < -0.39 is 22.0 Å². The third kappa shape index (κ3) is 6.46. The van der Waals surface area contributed by atoms with Gasteiger partial charge < -0.3 is 9.88 Å². The lowest BCUT2D eigenvalue weighted by Gasteiger charge is -2.18. The van der Waals surface area contributed by atoms with E-state index in [-0.39, 0.29) is 10.6 Å². The summed E-state index contributed by atoms with van der Waals surface area (Å²) >= 11 is 1.20. The minimum atomic E-state index is -3.59. The molecule has 178 valence electrons. The number of imide groups is 1. The SMILES string of the molecule is CCN(CC)S(=O)(=O)c1ccc2c(c1)nc(SCC(=O)NC(=O)NCCC(C)C)n2CC. The van der Waals surface area contributed by atoms with Crippen molar-refractivity contribution in [2.45, 2.75) is 57.6 Å². The molecule has 0 fully saturated rings. The molecule has 0 atom stereocenters. The van der Waals surface area contributed by atoms with Crippen LogP contribution in [0.15, 0.2) is 28.3 Å². The number of amides is 3. The van der Waals surface area contributed by atoms with E-state index in [0.29, 0.717) is 42.8 Å². The van der Waals surface area contributed by atoms with E-state index in [0.717, 1.165) is 11.9 Å². The van der Waals surface area contributed by atoms with E-state index in [1.807, 2.05) is 11.5 Å². The van der Waals surface area contributed by atoms with Gasteiger partial charge in [0.05, 0.1) is 21.7 Å². The molecule has 2 aromatic rings. The predicted octanol–water partition coefficient (Wildman–Crippen LogP) is 3.05. The van der Waals surface area contributed by atoms with Crippen LogP contribution in [0, 0.1) is 5.92 Å². The molecule has 9 nitrogen and oxygen atoms in total. The fourth-order valence-electron chi connectivity index (χ4n) is 3.19. The minimum Gasteiger partial charge on any atom is -0.338 e. The third-order valence-electron chi connectivity index (χ3n) is 4.94. The Hall–Kier alpha value is -2.11. The number of benzene rings is 1. The summed E-state index contributed by atoms with van der Waals surface area (Å²) in [5.74, 6) is 0.0635. The fourth-order valence-corrected chi connectivity index (χ4v) is 5.54. The van der Waals surface area contributed by atoms with E-state index in [2.05, 4.69) is 29.5 Å². The Morgan fingerprint density at radius 1 is 1.19 bits per heavy atom. The van der Waals surface area contributed by atoms with E-state index in [1.54, 1.807) is 32.0 Å². The van der Waals surface area contributed by atoms with Crippen LogP contribution in [0.2, 0.25) is 0 Å². The largest absolute Gasteiger partial charge is 0.338 e. The molecule has 0 aliphatic heterocycles. The van der Waals surface area contributed by atoms with Gasteiger partial charge in [-0.15, -0.1) is 0 Å². The number of aromatic nitrogens is 2. The Morgan fingerprint density at radius 3 is 2.47 bits per heavy atom. The van der Waals surface area contributed by atoms with Crippen molar-refractivity contribution in [2.75, 3.05) is 25.4 Å². The average molecular weight is 484 g/mol. The van der Waals surface area contributed by atoms with Gasteiger partial charge in [-0.1, -0.05) is 39.5 Å². The second-order valence-electron chi connectivity index (χ2n) is 7.65. The van der Waals surface area contributed by atoms with Gasteiger partial charge in [0.25, 0.3) is 0 Å². The smallest absolute Gasteiger partial charge is 0.321 e. The molecule has 1 heterocycles. The highest BCUT2D eigenvalue weighted by atomic mass is 32.2. The normalized spacial score (nSPS) is 12.0. The molecular formula is C21H33N5O4S2. The zero-order valence-corrected chi connectivity index (χ0v) is 21.0. The second-order valence-corrected chi connectivity index (χ2v) is 10.5. The molecule has 2 rings (SSSR count). The molecule has 2 N–H and O–H groups in total. The van der Waals surface area contributed by atoms with Gasteiger partial charge in [0.1, 0.15) is 0 Å². The quantitative estimate of drug-likeness (QED) is 0.475. The number of hydrogen-bond acceptors (Lipinski definition) is 6. The van der Waals surface area contributed by atoms with Crippen LogP contribution in [0.4, 0.5) is 4.79 Å². The fraction of sp³-hybridized carbons (Fsp3) is 0.571. The topological polar surface area (TPSA) is 113 Å². The Kier molecular flexibility index (Phi) is 9.53. The highest BCUT2D eigenvalue weighted by Crippen LogP contribution is 2.27. The summed E-state index contributed by atoms with van der Waals surface area (Å²) in [6.07, 6.45) is 0.836. The van der Waals surface area contributed by atoms with Crippen molar-refractivity contribution in [3.63, 3.8) is 0 Å². The molecule has 3 amide bonds. The van der Waals surface area contributed by atoms with E-state index in [1.165, 1.54) is 16.1 Å². The summed E-state index contributed by atoms with van der Waals surface area (Å²) in [6, 6.07) is 4.40. The second kappa shape index (κ2) is 11.7. The number of imidazole rings is 1. The number of carbonyl (C=O) groups is 2. The first-order chi connectivity index (χ1) is 15.1. The van der Waals surface area contributed by atoms with Gasteiger partial charge in [0.15, 0.2) is 5.16 Å². The molecule has 0 saturated carbocycles. The number of nitrogens with one attached hydrogen (secondary N) is 2. The van der Waals surface area contributed by atoms with Gasteiger partial charge in [-0.2, -0.15) is 4.31 Å². The molecule has 1 aromatic carbocycles. The number of urea groups is 1. The Labute approximate surface area is 194 Å². The molecule has 32 heavy (non-hydrogen) atoms. The average Bonchev–Trinajstić information content (AvgIpc) is 3.09. The van der Waals surface area contributed by atoms with Crippen LogP contribution in [-0.4, -0.2) is 59.6 Å². The molecule has 11 heteroatoms. The number of thioether (sulfide) groups is 1. The van der Waals surface area contributed by atoms with Crippen molar-refractivity contribution in [1.82, 2.24) is 24.5 Å². The van der Waals surface area contributed by atoms with E-state index in [4.69, 9.17) is 0 Å². The first-order valence-corrected chi connectivity index (χ1v) is 13.3. The third-order valence-corrected chi connectivity index (χ3v) is 7.96. The van der Waals surface area contributed by atoms with Crippen LogP contribution in [0.3, 0.4) is 0 Å². The first-order valence-electron chi connectivity index (χ1n) is 10.8. The summed E-state index contributed by atoms with van der Waals surface area (Å²) in [5.41, 5.74) is 1.34. The molecule has 0 unspecified atom stereocenters. The van der Waals surface area contributed by atoms with Gasteiger partial charge in [-0.3, -0.25) is 10.1 Å². The molecule has 0 bridgehead atoms. The van der Waals surface area contributed by atoms with Crippen LogP contribution in [-0.2, 0) is 21.4 Å². The van der Waals surface area contributed by atoms with E-state index >= 15 is 0 Å². The van der Waals surface area contributed by atoms with Gasteiger partial charge in [0, 0.05) is 26.2 Å². The van der Waals surface area contributed by atoms with Gasteiger partial charge in [-0.25, -0.2) is 18.2 Å². The maximum atomic E-state index is 12.8. The van der Waals surface area contributed by atoms with Gasteiger partial charge in [0.2, 0.25) is 15.9 Å². The maximum absolute atomic E-state index is 12.8. The number of carbonyl (C=O) groups excluding carboxylic acids is 2. The van der Waals surface area contributed by atoms with Crippen LogP contribution >= 0.6 is 11.8 Å². The molecule has 0 saturated heterocycles. The summed E-state index contributed by atoms with van der Waals surface area (Å²) in [5, 5.41) is 5.57. The predicted molar refractivity (Wildman–Crippen MR) is 127 cm³/mol. The number of nitrogens with zero attached hydrogens (tertiary/aromatic N) is 3. The summed E-state index contributed by atoms with van der Waals surface area (Å²) in [7, 11) is -3.59. The number of fused-ring (bicyclic) bond motifs is 1. The first kappa shape index (κ1) is 26.1. The highest BCUT2D eigenvalue weighted by Gasteiger charge is 2.23. The molecule has 0 aliphatic rings. The number of hydrogen-bond donors (Lipinski definition) is 2. The van der Waals surface area contributed by atoms with Crippen molar-refractivity contribution in [3.05, 3.63) is 18.2 Å². The van der Waals surface area contributed by atoms with Crippen LogP contribution in [0.25, 0.3) is 11.0 Å². The van der Waals surface area contributed by atoms with Crippen LogP contribution < -0.4 is 10.6 Å². The Morgan fingerprint density at radius 2 is 1.88 bits per heavy atom. The lowest BCUT2D eigenvalue weighted by Crippen LogP contribution is -2.40. The van der Waals surface area contributed by atoms with Crippen molar-refractivity contribution in [2.24, 2.45) is 5.92 Å². The van der Waals surface area contributed by atoms with Crippen molar-refractivity contribution >= 4 is 44.8 Å². The number of sulfonamides is 1. The summed E-state index contributed by atoms with van der Waals surface area (Å²) < 4.78 is 29.0. The van der Waals surface area contributed by atoms with Crippen molar-refractivity contribution in [3.8, 4) is 0 Å². The zero-order chi connectivity index (χ0) is 23.9. The molecule has 0 aliphatic carbocycles. The lowest BCUT2D eigenvalue weighted by molar-refractivity contribution is -0.117. The number of rotatable bonds is 11. The molecular weight excluding hydrogens is 450 g/mol. The summed E-state index contributed by atoms with van der Waals surface area (Å²) in [6.45, 7) is 11.6. The van der Waals surface area contributed by atoms with Crippen molar-refractivity contribution in [1.29, 1.82) is 0 Å². The summed E-state index contributed by atoms with van der Waals surface area (Å²) in [4.78, 5) is 28.7. The van der Waals surface area contributed by atoms with E-state index in [9.17, 15) is 18.0 Å². The van der Waals surface area contributed by atoms with Gasteiger partial charge >= 0.3 is 6.03 Å². The standard InChI is InChI=1S/C21H33N5O4S2/c1-6-25(7-2)32(29,30)16-9-10-18-17(13-16)23-21(26(18)8-3)31-14-19(27)24-20(28)22-12-11-15(4)5/h9-10,13,15H,6-8,11-12,14H2,1-5H3,(H2,22,24,27,28). The van der Waals surface area contributed by atoms with Crippen LogP contribution in [0.1, 0.15) is 41.0 Å². The highest BCUT2D eigenvalue weighted by molar-refractivity contribution is 7.99. The number of aryl methyl sites for hydroxylation is 1. The van der Waals surface area contributed by atoms with Gasteiger partial charge in [-0.05, 0) is 37.5 Å². The molecule has 1 aromatic heterocycles. The van der Waals surface area contributed by atoms with Crippen LogP contribution in [0.5, 0.6) is 0 Å². The Balaban J connectivity index is 2.12. The minimum absolute atomic E-state index is 0.0194. The lowest BCUT2D eigenvalue weighted by atomic mass is 10.1. The molecule has 0 spiro atoms. The zero-order valence-electron chi connectivity index (χ0n) is 19.3. The monoisotopic (exact) mass is 483 g/mol.